The molecule has 0 amide bonds. The van der Waals surface area contributed by atoms with Crippen LogP contribution in [-0.4, -0.2) is 26.5 Å². The predicted molar refractivity (Wildman–Crippen MR) is 80.4 cm³/mol. The highest BCUT2D eigenvalue weighted by Crippen LogP contribution is 2.10. The van der Waals surface area contributed by atoms with Gasteiger partial charge in [-0.15, -0.1) is 0 Å². The van der Waals surface area contributed by atoms with Gasteiger partial charge in [-0.2, -0.15) is 5.10 Å². The first kappa shape index (κ1) is 14.8. The zero-order chi connectivity index (χ0) is 14.6. The molecule has 108 valence electrons. The average molecular weight is 273 g/mol. The third-order valence-corrected chi connectivity index (χ3v) is 3.67. The van der Waals surface area contributed by atoms with Crippen molar-refractivity contribution in [3.8, 4) is 0 Å². The Balaban J connectivity index is 1.93. The Labute approximate surface area is 120 Å². The maximum atomic E-state index is 9.67. The van der Waals surface area contributed by atoms with Gasteiger partial charge in [0.15, 0.2) is 0 Å². The van der Waals surface area contributed by atoms with Crippen molar-refractivity contribution in [3.05, 3.63) is 53.9 Å². The molecule has 2 N–H and O–H groups in total. The smallest absolute Gasteiger partial charge is 0.0688 e. The summed E-state index contributed by atoms with van der Waals surface area (Å²) in [6.45, 7) is 7.26. The summed E-state index contributed by atoms with van der Waals surface area (Å²) in [6, 6.07) is 10.3. The first-order valence-corrected chi connectivity index (χ1v) is 6.96. The first-order chi connectivity index (χ1) is 9.47. The zero-order valence-electron chi connectivity index (χ0n) is 12.4. The fourth-order valence-corrected chi connectivity index (χ4v) is 1.83. The van der Waals surface area contributed by atoms with Crippen molar-refractivity contribution in [1.82, 2.24) is 15.1 Å². The van der Waals surface area contributed by atoms with Gasteiger partial charge < -0.3 is 10.4 Å². The number of hydrogen-bond acceptors (Lipinski definition) is 3. The number of nitrogens with zero attached hydrogens (tertiary/aromatic N) is 2. The van der Waals surface area contributed by atoms with Crippen LogP contribution in [0.5, 0.6) is 0 Å². The standard InChI is InChI=1S/C16H23N3O/c1-13(20)16(2,3)17-9-15-10-18-19(12-15)11-14-7-5-4-6-8-14/h4-8,10,12-13,17,20H,9,11H2,1-3H3. The highest BCUT2D eigenvalue weighted by Gasteiger charge is 2.22. The maximum Gasteiger partial charge on any atom is 0.0688 e. The molecule has 1 atom stereocenters. The molecule has 0 radical (unpaired) electrons. The summed E-state index contributed by atoms with van der Waals surface area (Å²) >= 11 is 0. The molecule has 0 bridgehead atoms. The molecule has 1 aromatic carbocycles. The molecule has 0 saturated heterocycles. The summed E-state index contributed by atoms with van der Waals surface area (Å²) in [5.41, 5.74) is 2.05. The average Bonchev–Trinajstić information content (AvgIpc) is 2.85. The third kappa shape index (κ3) is 3.92. The van der Waals surface area contributed by atoms with Crippen molar-refractivity contribution in [2.45, 2.75) is 45.5 Å². The van der Waals surface area contributed by atoms with E-state index in [0.29, 0.717) is 6.54 Å². The lowest BCUT2D eigenvalue weighted by molar-refractivity contribution is 0.0956. The molecule has 0 fully saturated rings. The first-order valence-electron chi connectivity index (χ1n) is 6.96. The second-order valence-corrected chi connectivity index (χ2v) is 5.78. The number of aromatic nitrogens is 2. The Bertz CT molecular complexity index is 532. The van der Waals surface area contributed by atoms with Crippen molar-refractivity contribution in [1.29, 1.82) is 0 Å². The van der Waals surface area contributed by atoms with Gasteiger partial charge in [-0.05, 0) is 26.3 Å². The van der Waals surface area contributed by atoms with Gasteiger partial charge in [0.05, 0.1) is 18.8 Å². The van der Waals surface area contributed by atoms with E-state index in [9.17, 15) is 5.11 Å². The minimum absolute atomic E-state index is 0.304. The normalized spacial score (nSPS) is 13.4. The zero-order valence-corrected chi connectivity index (χ0v) is 12.4. The van der Waals surface area contributed by atoms with Crippen LogP contribution in [0.25, 0.3) is 0 Å². The van der Waals surface area contributed by atoms with Gasteiger partial charge in [0, 0.05) is 23.8 Å². The fourth-order valence-electron chi connectivity index (χ4n) is 1.83. The third-order valence-electron chi connectivity index (χ3n) is 3.67. The van der Waals surface area contributed by atoms with E-state index in [1.165, 1.54) is 5.56 Å². The summed E-state index contributed by atoms with van der Waals surface area (Å²) in [6.07, 6.45) is 3.51. The van der Waals surface area contributed by atoms with Gasteiger partial charge in [0.1, 0.15) is 0 Å². The fraction of sp³-hybridized carbons (Fsp3) is 0.438. The molecule has 0 saturated carbocycles. The second-order valence-electron chi connectivity index (χ2n) is 5.78. The SMILES string of the molecule is CC(O)C(C)(C)NCc1cnn(Cc2ccccc2)c1. The van der Waals surface area contributed by atoms with Crippen molar-refractivity contribution in [3.63, 3.8) is 0 Å². The maximum absolute atomic E-state index is 9.67. The molecule has 0 aliphatic heterocycles. The second kappa shape index (κ2) is 6.20. The van der Waals surface area contributed by atoms with E-state index in [1.807, 2.05) is 49.1 Å². The molecule has 2 rings (SSSR count). The van der Waals surface area contributed by atoms with Gasteiger partial charge in [0.25, 0.3) is 0 Å². The van der Waals surface area contributed by atoms with E-state index in [-0.39, 0.29) is 5.54 Å². The summed E-state index contributed by atoms with van der Waals surface area (Å²) in [4.78, 5) is 0. The molecule has 2 aromatic rings. The molecule has 1 unspecified atom stereocenters. The summed E-state index contributed by atoms with van der Waals surface area (Å²) in [7, 11) is 0. The van der Waals surface area contributed by atoms with Crippen molar-refractivity contribution in [2.24, 2.45) is 0 Å². The topological polar surface area (TPSA) is 50.1 Å². The summed E-state index contributed by atoms with van der Waals surface area (Å²) in [5.74, 6) is 0. The van der Waals surface area contributed by atoms with E-state index in [0.717, 1.165) is 12.1 Å². The van der Waals surface area contributed by atoms with Crippen LogP contribution < -0.4 is 5.32 Å². The molecule has 1 aromatic heterocycles. The minimum atomic E-state index is -0.401. The van der Waals surface area contributed by atoms with Crippen LogP contribution in [0, 0.1) is 0 Å². The van der Waals surface area contributed by atoms with Crippen molar-refractivity contribution in [2.75, 3.05) is 0 Å². The van der Waals surface area contributed by atoms with Crippen LogP contribution in [0.15, 0.2) is 42.7 Å². The van der Waals surface area contributed by atoms with E-state index in [1.54, 1.807) is 6.92 Å². The van der Waals surface area contributed by atoms with Crippen LogP contribution in [0.2, 0.25) is 0 Å². The summed E-state index contributed by atoms with van der Waals surface area (Å²) < 4.78 is 1.93. The number of aliphatic hydroxyl groups excluding tert-OH is 1. The highest BCUT2D eigenvalue weighted by molar-refractivity contribution is 5.15. The number of rotatable bonds is 6. The highest BCUT2D eigenvalue weighted by atomic mass is 16.3. The van der Waals surface area contributed by atoms with Crippen LogP contribution in [0.3, 0.4) is 0 Å². The largest absolute Gasteiger partial charge is 0.392 e. The Morgan fingerprint density at radius 2 is 1.95 bits per heavy atom. The Kier molecular flexibility index (Phi) is 4.57. The number of nitrogens with one attached hydrogen (secondary N) is 1. The lowest BCUT2D eigenvalue weighted by Crippen LogP contribution is -2.47. The number of benzene rings is 1. The van der Waals surface area contributed by atoms with Crippen LogP contribution in [0.1, 0.15) is 31.9 Å². The van der Waals surface area contributed by atoms with Crippen LogP contribution in [0.4, 0.5) is 0 Å². The van der Waals surface area contributed by atoms with Gasteiger partial charge >= 0.3 is 0 Å². The Morgan fingerprint density at radius 3 is 2.60 bits per heavy atom. The van der Waals surface area contributed by atoms with Gasteiger partial charge in [-0.25, -0.2) is 0 Å². The quantitative estimate of drug-likeness (QED) is 0.848. The van der Waals surface area contributed by atoms with Crippen molar-refractivity contribution >= 4 is 0 Å². The van der Waals surface area contributed by atoms with E-state index < -0.39 is 6.10 Å². The van der Waals surface area contributed by atoms with Gasteiger partial charge in [-0.1, -0.05) is 30.3 Å². The lowest BCUT2D eigenvalue weighted by atomic mass is 9.99. The number of hydrogen-bond donors (Lipinski definition) is 2. The van der Waals surface area contributed by atoms with Gasteiger partial charge in [0.2, 0.25) is 0 Å². The molecular weight excluding hydrogens is 250 g/mol. The molecule has 0 aliphatic rings. The van der Waals surface area contributed by atoms with Crippen molar-refractivity contribution < 1.29 is 5.11 Å². The minimum Gasteiger partial charge on any atom is -0.392 e. The summed E-state index contributed by atoms with van der Waals surface area (Å²) in [5, 5.41) is 17.4. The van der Waals surface area contributed by atoms with Crippen LogP contribution >= 0.6 is 0 Å². The van der Waals surface area contributed by atoms with Gasteiger partial charge in [-0.3, -0.25) is 4.68 Å². The molecule has 4 nitrogen and oxygen atoms in total. The van der Waals surface area contributed by atoms with E-state index in [4.69, 9.17) is 0 Å². The molecule has 1 heterocycles. The molecule has 0 spiro atoms. The lowest BCUT2D eigenvalue weighted by Gasteiger charge is -2.29. The molecular formula is C16H23N3O. The van der Waals surface area contributed by atoms with E-state index >= 15 is 0 Å². The Morgan fingerprint density at radius 1 is 1.25 bits per heavy atom. The Hall–Kier alpha value is -1.65. The number of aliphatic hydroxyl groups is 1. The van der Waals surface area contributed by atoms with Crippen LogP contribution in [-0.2, 0) is 13.1 Å². The monoisotopic (exact) mass is 273 g/mol. The predicted octanol–water partition coefficient (Wildman–Crippen LogP) is 2.18. The molecule has 20 heavy (non-hydrogen) atoms. The van der Waals surface area contributed by atoms with E-state index in [2.05, 4.69) is 22.5 Å². The molecule has 0 aliphatic carbocycles. The molecule has 4 heteroatoms.